The molecule has 2 nitrogen and oxygen atoms in total. The van der Waals surface area contributed by atoms with Gasteiger partial charge in [-0.2, -0.15) is 0 Å². The molecule has 1 fully saturated rings. The third-order valence-electron chi connectivity index (χ3n) is 5.20. The predicted octanol–water partition coefficient (Wildman–Crippen LogP) is 4.34. The molecule has 2 rings (SSSR count). The summed E-state index contributed by atoms with van der Waals surface area (Å²) in [5.74, 6) is 2.93. The Morgan fingerprint density at radius 3 is 2.67 bits per heavy atom. The molecule has 2 heteroatoms. The van der Waals surface area contributed by atoms with Crippen molar-refractivity contribution in [3.8, 4) is 5.75 Å². The predicted molar refractivity (Wildman–Crippen MR) is 89.7 cm³/mol. The molecule has 0 saturated heterocycles. The molecule has 0 radical (unpaired) electrons. The van der Waals surface area contributed by atoms with E-state index in [2.05, 4.69) is 45.9 Å². The van der Waals surface area contributed by atoms with Crippen LogP contribution in [0.15, 0.2) is 18.2 Å². The van der Waals surface area contributed by atoms with E-state index < -0.39 is 0 Å². The smallest absolute Gasteiger partial charge is 0.122 e. The van der Waals surface area contributed by atoms with Gasteiger partial charge in [0.25, 0.3) is 0 Å². The summed E-state index contributed by atoms with van der Waals surface area (Å²) in [5.41, 5.74) is 9.38. The minimum absolute atomic E-state index is 0.104. The fourth-order valence-corrected chi connectivity index (χ4v) is 4.25. The van der Waals surface area contributed by atoms with E-state index in [0.717, 1.165) is 24.5 Å². The molecule has 1 aliphatic carbocycles. The molecule has 3 atom stereocenters. The molecule has 0 bridgehead atoms. The third-order valence-corrected chi connectivity index (χ3v) is 5.20. The minimum atomic E-state index is -0.104. The van der Waals surface area contributed by atoms with Crippen molar-refractivity contribution in [2.24, 2.45) is 23.5 Å². The van der Waals surface area contributed by atoms with Crippen LogP contribution in [0.4, 0.5) is 0 Å². The highest BCUT2D eigenvalue weighted by atomic mass is 16.5. The molecule has 0 aromatic heterocycles. The van der Waals surface area contributed by atoms with Gasteiger partial charge in [-0.3, -0.25) is 0 Å². The van der Waals surface area contributed by atoms with Crippen molar-refractivity contribution in [2.45, 2.75) is 58.9 Å². The molecule has 0 spiro atoms. The van der Waals surface area contributed by atoms with E-state index in [4.69, 9.17) is 10.5 Å². The van der Waals surface area contributed by atoms with Gasteiger partial charge < -0.3 is 10.5 Å². The Bertz CT molecular complexity index is 482. The van der Waals surface area contributed by atoms with Gasteiger partial charge in [0.15, 0.2) is 0 Å². The van der Waals surface area contributed by atoms with Crippen LogP contribution in [0.3, 0.4) is 0 Å². The van der Waals surface area contributed by atoms with E-state index in [1.165, 1.54) is 24.0 Å². The SMILES string of the molecule is COc1ccc(C)cc1CC1(N)CC(C)CCC1C(C)C. The van der Waals surface area contributed by atoms with Crippen LogP contribution < -0.4 is 10.5 Å². The number of aryl methyl sites for hydroxylation is 1. The molecule has 1 aromatic carbocycles. The first kappa shape index (κ1) is 16.4. The zero-order valence-corrected chi connectivity index (χ0v) is 14.3. The number of ether oxygens (including phenoxy) is 1. The Balaban J connectivity index is 2.31. The van der Waals surface area contributed by atoms with Gasteiger partial charge in [0.1, 0.15) is 5.75 Å². The van der Waals surface area contributed by atoms with Crippen molar-refractivity contribution in [1.82, 2.24) is 0 Å². The summed E-state index contributed by atoms with van der Waals surface area (Å²) in [6.07, 6.45) is 4.61. The molecule has 3 unspecified atom stereocenters. The lowest BCUT2D eigenvalue weighted by Crippen LogP contribution is -2.54. The van der Waals surface area contributed by atoms with Gasteiger partial charge in [-0.1, -0.05) is 44.9 Å². The Morgan fingerprint density at radius 2 is 2.05 bits per heavy atom. The summed E-state index contributed by atoms with van der Waals surface area (Å²) < 4.78 is 5.55. The fraction of sp³-hybridized carbons (Fsp3) is 0.684. The van der Waals surface area contributed by atoms with Gasteiger partial charge in [-0.15, -0.1) is 0 Å². The van der Waals surface area contributed by atoms with Crippen LogP contribution in [0, 0.1) is 24.7 Å². The summed E-state index contributed by atoms with van der Waals surface area (Å²) in [4.78, 5) is 0. The quantitative estimate of drug-likeness (QED) is 0.895. The van der Waals surface area contributed by atoms with Crippen LogP contribution in [-0.2, 0) is 6.42 Å². The monoisotopic (exact) mass is 289 g/mol. The first-order valence-electron chi connectivity index (χ1n) is 8.28. The van der Waals surface area contributed by atoms with Crippen molar-refractivity contribution in [3.63, 3.8) is 0 Å². The molecular weight excluding hydrogens is 258 g/mol. The molecule has 21 heavy (non-hydrogen) atoms. The molecule has 1 aromatic rings. The Labute approximate surface area is 130 Å². The van der Waals surface area contributed by atoms with Crippen LogP contribution in [-0.4, -0.2) is 12.6 Å². The average Bonchev–Trinajstić information content (AvgIpc) is 2.37. The molecule has 1 saturated carbocycles. The van der Waals surface area contributed by atoms with Gasteiger partial charge in [0.05, 0.1) is 7.11 Å². The number of hydrogen-bond acceptors (Lipinski definition) is 2. The van der Waals surface area contributed by atoms with E-state index in [1.54, 1.807) is 7.11 Å². The van der Waals surface area contributed by atoms with Crippen LogP contribution >= 0.6 is 0 Å². The number of nitrogens with two attached hydrogens (primary N) is 1. The largest absolute Gasteiger partial charge is 0.496 e. The van der Waals surface area contributed by atoms with Crippen molar-refractivity contribution in [3.05, 3.63) is 29.3 Å². The second kappa shape index (κ2) is 6.39. The zero-order valence-electron chi connectivity index (χ0n) is 14.3. The normalized spacial score (nSPS) is 29.7. The molecule has 118 valence electrons. The summed E-state index contributed by atoms with van der Waals surface area (Å²) >= 11 is 0. The van der Waals surface area contributed by atoms with Gasteiger partial charge in [-0.25, -0.2) is 0 Å². The highest BCUT2D eigenvalue weighted by Crippen LogP contribution is 2.42. The summed E-state index contributed by atoms with van der Waals surface area (Å²) in [5, 5.41) is 0. The van der Waals surface area contributed by atoms with Crippen molar-refractivity contribution < 1.29 is 4.74 Å². The van der Waals surface area contributed by atoms with Crippen molar-refractivity contribution in [2.75, 3.05) is 7.11 Å². The van der Waals surface area contributed by atoms with E-state index in [0.29, 0.717) is 11.8 Å². The van der Waals surface area contributed by atoms with Crippen LogP contribution in [0.2, 0.25) is 0 Å². The Morgan fingerprint density at radius 1 is 1.33 bits per heavy atom. The maximum Gasteiger partial charge on any atom is 0.122 e. The molecule has 1 aliphatic rings. The van der Waals surface area contributed by atoms with Crippen molar-refractivity contribution in [1.29, 1.82) is 0 Å². The highest BCUT2D eigenvalue weighted by molar-refractivity contribution is 5.38. The summed E-state index contributed by atoms with van der Waals surface area (Å²) in [7, 11) is 1.75. The molecule has 0 amide bonds. The lowest BCUT2D eigenvalue weighted by Gasteiger charge is -2.46. The Hall–Kier alpha value is -1.02. The minimum Gasteiger partial charge on any atom is -0.496 e. The third kappa shape index (κ3) is 3.60. The number of hydrogen-bond donors (Lipinski definition) is 1. The summed E-state index contributed by atoms with van der Waals surface area (Å²) in [6, 6.07) is 6.42. The molecule has 0 aliphatic heterocycles. The maximum atomic E-state index is 6.94. The van der Waals surface area contributed by atoms with Gasteiger partial charge in [0.2, 0.25) is 0 Å². The second-order valence-electron chi connectivity index (χ2n) is 7.46. The lowest BCUT2D eigenvalue weighted by atomic mass is 9.63. The number of rotatable bonds is 4. The molecular formula is C19H31NO. The first-order valence-corrected chi connectivity index (χ1v) is 8.28. The van der Waals surface area contributed by atoms with E-state index >= 15 is 0 Å². The lowest BCUT2D eigenvalue weighted by molar-refractivity contribution is 0.109. The standard InChI is InChI=1S/C19H31NO/c1-13(2)17-8-6-15(4)11-19(17,20)12-16-10-14(3)7-9-18(16)21-5/h7,9-10,13,15,17H,6,8,11-12,20H2,1-5H3. The molecule has 2 N–H and O–H groups in total. The topological polar surface area (TPSA) is 35.2 Å². The van der Waals surface area contributed by atoms with E-state index in [9.17, 15) is 0 Å². The van der Waals surface area contributed by atoms with Crippen LogP contribution in [0.1, 0.15) is 51.2 Å². The number of benzene rings is 1. The van der Waals surface area contributed by atoms with Crippen LogP contribution in [0.25, 0.3) is 0 Å². The van der Waals surface area contributed by atoms with Crippen LogP contribution in [0.5, 0.6) is 5.75 Å². The highest BCUT2D eigenvalue weighted by Gasteiger charge is 2.41. The number of methoxy groups -OCH3 is 1. The maximum absolute atomic E-state index is 6.94. The second-order valence-corrected chi connectivity index (χ2v) is 7.46. The fourth-order valence-electron chi connectivity index (χ4n) is 4.25. The van der Waals surface area contributed by atoms with Gasteiger partial charge in [0, 0.05) is 5.54 Å². The first-order chi connectivity index (χ1) is 9.85. The average molecular weight is 289 g/mol. The molecule has 0 heterocycles. The van der Waals surface area contributed by atoms with Gasteiger partial charge >= 0.3 is 0 Å². The van der Waals surface area contributed by atoms with Gasteiger partial charge in [-0.05, 0) is 55.6 Å². The van der Waals surface area contributed by atoms with E-state index in [-0.39, 0.29) is 5.54 Å². The summed E-state index contributed by atoms with van der Waals surface area (Å²) in [6.45, 7) is 9.10. The van der Waals surface area contributed by atoms with E-state index in [1.807, 2.05) is 0 Å². The Kier molecular flexibility index (Phi) is 4.98. The van der Waals surface area contributed by atoms with Crippen molar-refractivity contribution >= 4 is 0 Å². The zero-order chi connectivity index (χ0) is 15.6.